The number of piperidine rings is 1. The zero-order valence-corrected chi connectivity index (χ0v) is 21.9. The number of halogens is 2. The van der Waals surface area contributed by atoms with Crippen molar-refractivity contribution in [2.75, 3.05) is 37.4 Å². The first-order valence-corrected chi connectivity index (χ1v) is 12.7. The molecule has 0 aliphatic carbocycles. The normalized spacial score (nSPS) is 14.6. The van der Waals surface area contributed by atoms with Crippen molar-refractivity contribution in [3.8, 4) is 11.3 Å². The van der Waals surface area contributed by atoms with Crippen molar-refractivity contribution in [1.29, 1.82) is 0 Å². The number of nitrogens with one attached hydrogen (secondary N) is 1. The molecule has 0 saturated carbocycles. The molecule has 38 heavy (non-hydrogen) atoms. The Labute approximate surface area is 220 Å². The van der Waals surface area contributed by atoms with Gasteiger partial charge in [-0.1, -0.05) is 0 Å². The third-order valence-corrected chi connectivity index (χ3v) is 7.08. The van der Waals surface area contributed by atoms with Crippen molar-refractivity contribution in [2.24, 2.45) is 0 Å². The molecule has 0 spiro atoms. The number of rotatable bonds is 6. The summed E-state index contributed by atoms with van der Waals surface area (Å²) in [5.41, 5.74) is 1.29. The quantitative estimate of drug-likeness (QED) is 0.385. The third-order valence-electron chi connectivity index (χ3n) is 7.08. The molecule has 10 heteroatoms. The van der Waals surface area contributed by atoms with Crippen molar-refractivity contribution in [3.05, 3.63) is 70.8 Å². The van der Waals surface area contributed by atoms with Crippen LogP contribution < -0.4 is 15.8 Å². The van der Waals surface area contributed by atoms with Gasteiger partial charge in [-0.25, -0.2) is 23.7 Å². The number of hydrogen-bond acceptors (Lipinski definition) is 7. The van der Waals surface area contributed by atoms with Crippen LogP contribution in [-0.4, -0.2) is 57.6 Å². The summed E-state index contributed by atoms with van der Waals surface area (Å²) >= 11 is 0. The summed E-state index contributed by atoms with van der Waals surface area (Å²) in [7, 11) is 4.23. The molecule has 1 N–H and O–H groups in total. The van der Waals surface area contributed by atoms with Crippen LogP contribution in [0.25, 0.3) is 22.2 Å². The highest BCUT2D eigenvalue weighted by molar-refractivity contribution is 5.85. The first kappa shape index (κ1) is 25.7. The smallest absolute Gasteiger partial charge is 0.251 e. The second-order valence-electron chi connectivity index (χ2n) is 10.1. The van der Waals surface area contributed by atoms with E-state index < -0.39 is 11.6 Å². The molecule has 0 bridgehead atoms. The van der Waals surface area contributed by atoms with Gasteiger partial charge in [0.1, 0.15) is 17.3 Å². The number of anilines is 3. The summed E-state index contributed by atoms with van der Waals surface area (Å²) in [5.74, 6) is -0.629. The van der Waals surface area contributed by atoms with Crippen LogP contribution >= 0.6 is 0 Å². The van der Waals surface area contributed by atoms with E-state index in [2.05, 4.69) is 44.2 Å². The molecule has 1 aliphatic rings. The highest BCUT2D eigenvalue weighted by Crippen LogP contribution is 2.29. The van der Waals surface area contributed by atoms with Gasteiger partial charge in [-0.05, 0) is 71.1 Å². The molecule has 0 radical (unpaired) electrons. The minimum absolute atomic E-state index is 0.0738. The van der Waals surface area contributed by atoms with Crippen molar-refractivity contribution < 1.29 is 8.78 Å². The maximum absolute atomic E-state index is 15.0. The number of benzene rings is 1. The van der Waals surface area contributed by atoms with E-state index in [1.807, 2.05) is 26.0 Å². The van der Waals surface area contributed by atoms with Gasteiger partial charge in [-0.3, -0.25) is 4.79 Å². The molecule has 0 unspecified atom stereocenters. The van der Waals surface area contributed by atoms with Crippen molar-refractivity contribution in [3.63, 3.8) is 0 Å². The average Bonchev–Trinajstić information content (AvgIpc) is 2.89. The van der Waals surface area contributed by atoms with Crippen LogP contribution in [0.3, 0.4) is 0 Å². The lowest BCUT2D eigenvalue weighted by atomic mass is 10.0. The van der Waals surface area contributed by atoms with Gasteiger partial charge in [0.2, 0.25) is 5.95 Å². The predicted molar refractivity (Wildman–Crippen MR) is 146 cm³/mol. The van der Waals surface area contributed by atoms with Crippen molar-refractivity contribution in [1.82, 2.24) is 24.4 Å². The molecule has 198 valence electrons. The summed E-state index contributed by atoms with van der Waals surface area (Å²) in [6.07, 6.45) is 5.03. The average molecular weight is 520 g/mol. The standard InChI is InChI=1S/C28H31F2N7O/c1-17(2)37-24-14-18(13-22(29)21(24)6-8-26(37)38)27-23(30)16-32-28(34-27)33-25-7-5-20(15-31-25)36-11-9-19(10-12-36)35(3)4/h5-8,13-17,19H,9-12H2,1-4H3,(H,31,32,33,34). The van der Waals surface area contributed by atoms with E-state index in [-0.39, 0.29) is 34.2 Å². The zero-order chi connectivity index (χ0) is 27.0. The monoisotopic (exact) mass is 519 g/mol. The highest BCUT2D eigenvalue weighted by atomic mass is 19.1. The fourth-order valence-corrected chi connectivity index (χ4v) is 5.02. The van der Waals surface area contributed by atoms with Gasteiger partial charge < -0.3 is 19.7 Å². The van der Waals surface area contributed by atoms with E-state index in [0.29, 0.717) is 17.4 Å². The molecule has 4 aromatic rings. The largest absolute Gasteiger partial charge is 0.370 e. The first-order valence-electron chi connectivity index (χ1n) is 12.7. The second kappa shape index (κ2) is 10.4. The Balaban J connectivity index is 1.40. The lowest BCUT2D eigenvalue weighted by molar-refractivity contribution is 0.249. The van der Waals surface area contributed by atoms with Crippen LogP contribution in [0.2, 0.25) is 0 Å². The Kier molecular flexibility index (Phi) is 7.07. The van der Waals surface area contributed by atoms with Gasteiger partial charge >= 0.3 is 0 Å². The first-order chi connectivity index (χ1) is 18.2. The minimum Gasteiger partial charge on any atom is -0.370 e. The Morgan fingerprint density at radius 2 is 1.76 bits per heavy atom. The summed E-state index contributed by atoms with van der Waals surface area (Å²) in [5, 5.41) is 3.29. The van der Waals surface area contributed by atoms with Crippen LogP contribution in [0.4, 0.5) is 26.2 Å². The Bertz CT molecular complexity index is 1510. The molecule has 1 aliphatic heterocycles. The van der Waals surface area contributed by atoms with Crippen LogP contribution in [0.15, 0.2) is 53.6 Å². The molecular formula is C28H31F2N7O. The van der Waals surface area contributed by atoms with Crippen LogP contribution in [-0.2, 0) is 0 Å². The molecule has 0 amide bonds. The molecule has 8 nitrogen and oxygen atoms in total. The minimum atomic E-state index is -0.701. The fraction of sp³-hybridized carbons (Fsp3) is 0.357. The van der Waals surface area contributed by atoms with E-state index in [4.69, 9.17) is 0 Å². The number of aromatic nitrogens is 4. The Hall–Kier alpha value is -3.92. The summed E-state index contributed by atoms with van der Waals surface area (Å²) in [6, 6.07) is 9.79. The van der Waals surface area contributed by atoms with Crippen LogP contribution in [0, 0.1) is 11.6 Å². The Morgan fingerprint density at radius 3 is 2.42 bits per heavy atom. The van der Waals surface area contributed by atoms with Gasteiger partial charge in [-0.15, -0.1) is 0 Å². The molecule has 4 heterocycles. The lowest BCUT2D eigenvalue weighted by Gasteiger charge is -2.36. The van der Waals surface area contributed by atoms with E-state index in [9.17, 15) is 9.18 Å². The Morgan fingerprint density at radius 1 is 1.00 bits per heavy atom. The van der Waals surface area contributed by atoms with E-state index in [1.54, 1.807) is 12.3 Å². The summed E-state index contributed by atoms with van der Waals surface area (Å²) < 4.78 is 31.3. The van der Waals surface area contributed by atoms with Crippen molar-refractivity contribution >= 4 is 28.4 Å². The third kappa shape index (κ3) is 5.08. The van der Waals surface area contributed by atoms with Gasteiger partial charge in [0.05, 0.1) is 23.6 Å². The number of nitrogens with zero attached hydrogens (tertiary/aromatic N) is 6. The van der Waals surface area contributed by atoms with Crippen LogP contribution in [0.1, 0.15) is 32.7 Å². The molecule has 1 saturated heterocycles. The van der Waals surface area contributed by atoms with E-state index in [0.717, 1.165) is 37.8 Å². The highest BCUT2D eigenvalue weighted by Gasteiger charge is 2.21. The fourth-order valence-electron chi connectivity index (χ4n) is 5.02. The maximum atomic E-state index is 15.0. The molecule has 1 aromatic carbocycles. The van der Waals surface area contributed by atoms with Crippen molar-refractivity contribution in [2.45, 2.75) is 38.8 Å². The maximum Gasteiger partial charge on any atom is 0.251 e. The summed E-state index contributed by atoms with van der Waals surface area (Å²) in [4.78, 5) is 29.9. The number of hydrogen-bond donors (Lipinski definition) is 1. The van der Waals surface area contributed by atoms with E-state index in [1.165, 1.54) is 22.8 Å². The second-order valence-corrected chi connectivity index (χ2v) is 10.1. The van der Waals surface area contributed by atoms with Crippen LogP contribution in [0.5, 0.6) is 0 Å². The molecule has 1 fully saturated rings. The van der Waals surface area contributed by atoms with Gasteiger partial charge in [0.25, 0.3) is 5.56 Å². The molecule has 5 rings (SSSR count). The number of fused-ring (bicyclic) bond motifs is 1. The predicted octanol–water partition coefficient (Wildman–Crippen LogP) is 4.99. The van der Waals surface area contributed by atoms with Gasteiger partial charge in [0, 0.05) is 42.2 Å². The van der Waals surface area contributed by atoms with Gasteiger partial charge in [0.15, 0.2) is 5.82 Å². The zero-order valence-electron chi connectivity index (χ0n) is 21.9. The van der Waals surface area contributed by atoms with Gasteiger partial charge in [-0.2, -0.15) is 0 Å². The molecule has 0 atom stereocenters. The van der Waals surface area contributed by atoms with E-state index >= 15 is 4.39 Å². The number of pyridine rings is 2. The molecule has 3 aromatic heterocycles. The SMILES string of the molecule is CC(C)n1c(=O)ccc2c(F)cc(-c3nc(Nc4ccc(N5CCC(N(C)C)CC5)cn4)ncc3F)cc21. The summed E-state index contributed by atoms with van der Waals surface area (Å²) in [6.45, 7) is 5.61. The molecular weight excluding hydrogens is 488 g/mol. The lowest BCUT2D eigenvalue weighted by Crippen LogP contribution is -2.42. The topological polar surface area (TPSA) is 79.2 Å².